The average Bonchev–Trinajstić information content (AvgIpc) is 2.44. The molecule has 0 radical (unpaired) electrons. The summed E-state index contributed by atoms with van der Waals surface area (Å²) in [5, 5.41) is 18.5. The third-order valence-corrected chi connectivity index (χ3v) is 5.49. The number of sulfonamides is 1. The third-order valence-electron chi connectivity index (χ3n) is 3.65. The molecule has 9 heteroatoms. The Kier molecular flexibility index (Phi) is 4.50. The van der Waals surface area contributed by atoms with Gasteiger partial charge < -0.3 is 10.2 Å². The van der Waals surface area contributed by atoms with Crippen molar-refractivity contribution in [1.82, 2.24) is 4.31 Å². The summed E-state index contributed by atoms with van der Waals surface area (Å²) in [4.78, 5) is 10.5. The highest BCUT2D eigenvalue weighted by Crippen LogP contribution is 2.25. The van der Waals surface area contributed by atoms with E-state index in [1.807, 2.05) is 0 Å². The van der Waals surface area contributed by atoms with Crippen LogP contribution in [0.25, 0.3) is 0 Å². The summed E-state index contributed by atoms with van der Waals surface area (Å²) in [6.45, 7) is 0.605. The third kappa shape index (κ3) is 2.96. The van der Waals surface area contributed by atoms with Crippen molar-refractivity contribution in [2.75, 3.05) is 13.1 Å². The molecule has 0 aromatic heterocycles. The van der Waals surface area contributed by atoms with E-state index in [4.69, 9.17) is 5.11 Å². The van der Waals surface area contributed by atoms with Crippen molar-refractivity contribution < 1.29 is 32.2 Å². The summed E-state index contributed by atoms with van der Waals surface area (Å²) in [5.41, 5.74) is -0.631. The lowest BCUT2D eigenvalue weighted by molar-refractivity contribution is 0.0293. The quantitative estimate of drug-likeness (QED) is 0.857. The molecule has 0 spiro atoms. The first-order chi connectivity index (χ1) is 10.1. The minimum atomic E-state index is -4.21. The van der Waals surface area contributed by atoms with E-state index in [0.717, 1.165) is 16.4 Å². The van der Waals surface area contributed by atoms with Crippen LogP contribution in [0.3, 0.4) is 0 Å². The van der Waals surface area contributed by atoms with Gasteiger partial charge in [0.2, 0.25) is 10.0 Å². The van der Waals surface area contributed by atoms with Gasteiger partial charge in [0, 0.05) is 13.1 Å². The van der Waals surface area contributed by atoms with E-state index >= 15 is 0 Å². The number of aliphatic hydroxyl groups excluding tert-OH is 1. The lowest BCUT2D eigenvalue weighted by Crippen LogP contribution is -2.47. The fraction of sp³-hybridized carbons (Fsp3) is 0.462. The molecule has 2 N–H and O–H groups in total. The number of halogens is 2. The minimum Gasteiger partial charge on any atom is -0.478 e. The van der Waals surface area contributed by atoms with Gasteiger partial charge in [-0.15, -0.1) is 0 Å². The Morgan fingerprint density at radius 2 is 2.05 bits per heavy atom. The fourth-order valence-corrected chi connectivity index (χ4v) is 3.78. The van der Waals surface area contributed by atoms with Crippen molar-refractivity contribution in [2.24, 2.45) is 0 Å². The molecule has 0 amide bonds. The molecule has 2 atom stereocenters. The van der Waals surface area contributed by atoms with Crippen LogP contribution in [0.5, 0.6) is 0 Å². The van der Waals surface area contributed by atoms with E-state index in [1.165, 1.54) is 6.92 Å². The molecular weight excluding hydrogens is 320 g/mol. The summed E-state index contributed by atoms with van der Waals surface area (Å²) in [6.07, 6.45) is -3.16. The van der Waals surface area contributed by atoms with Gasteiger partial charge in [-0.05, 0) is 31.0 Å². The number of hydrogen-bond donors (Lipinski definition) is 2. The first-order valence-electron chi connectivity index (χ1n) is 6.50. The summed E-state index contributed by atoms with van der Waals surface area (Å²) in [7, 11) is -4.21. The highest BCUT2D eigenvalue weighted by molar-refractivity contribution is 7.89. The molecule has 1 aromatic rings. The number of aliphatic hydroxyl groups is 1. The van der Waals surface area contributed by atoms with Crippen molar-refractivity contribution in [3.63, 3.8) is 0 Å². The smallest absolute Gasteiger partial charge is 0.336 e. The molecule has 0 bridgehead atoms. The molecule has 0 saturated carbocycles. The van der Waals surface area contributed by atoms with Crippen molar-refractivity contribution in [3.05, 3.63) is 29.1 Å². The molecule has 1 aromatic carbocycles. The Morgan fingerprint density at radius 1 is 1.41 bits per heavy atom. The summed E-state index contributed by atoms with van der Waals surface area (Å²) >= 11 is 0. The lowest BCUT2D eigenvalue weighted by atomic mass is 10.1. The maximum Gasteiger partial charge on any atom is 0.336 e. The van der Waals surface area contributed by atoms with Gasteiger partial charge in [-0.3, -0.25) is 0 Å². The molecule has 122 valence electrons. The molecule has 6 nitrogen and oxygen atoms in total. The molecule has 1 fully saturated rings. The highest BCUT2D eigenvalue weighted by atomic mass is 32.2. The molecule has 1 saturated heterocycles. The number of carboxylic acid groups (broad SMARTS) is 1. The van der Waals surface area contributed by atoms with E-state index in [0.29, 0.717) is 0 Å². The maximum absolute atomic E-state index is 13.8. The molecule has 2 rings (SSSR count). The number of rotatable bonds is 3. The Balaban J connectivity index is 2.44. The maximum atomic E-state index is 13.8. The van der Waals surface area contributed by atoms with Crippen molar-refractivity contribution in [1.29, 1.82) is 0 Å². The van der Waals surface area contributed by atoms with Crippen LogP contribution >= 0.6 is 0 Å². The van der Waals surface area contributed by atoms with Gasteiger partial charge in [0.05, 0.1) is 16.6 Å². The molecular formula is C13H15F2NO5S. The van der Waals surface area contributed by atoms with Gasteiger partial charge in [-0.25, -0.2) is 22.0 Å². The SMILES string of the molecule is Cc1c(F)cc(S(=O)(=O)N2CC[C@@H](F)[C@H](O)C2)cc1C(=O)O. The minimum absolute atomic E-state index is 0.168. The number of benzene rings is 1. The van der Waals surface area contributed by atoms with Crippen molar-refractivity contribution in [2.45, 2.75) is 30.5 Å². The number of nitrogens with zero attached hydrogens (tertiary/aromatic N) is 1. The zero-order chi connectivity index (χ0) is 16.7. The Morgan fingerprint density at radius 3 is 2.59 bits per heavy atom. The summed E-state index contributed by atoms with van der Waals surface area (Å²) < 4.78 is 52.6. The van der Waals surface area contributed by atoms with Gasteiger partial charge >= 0.3 is 5.97 Å². The van der Waals surface area contributed by atoms with Crippen LogP contribution in [0.4, 0.5) is 8.78 Å². The predicted molar refractivity (Wildman–Crippen MR) is 72.4 cm³/mol. The van der Waals surface area contributed by atoms with Gasteiger partial charge in [0.1, 0.15) is 12.0 Å². The second-order valence-electron chi connectivity index (χ2n) is 5.12. The Labute approximate surface area is 126 Å². The number of carboxylic acids is 1. The number of piperidine rings is 1. The van der Waals surface area contributed by atoms with Crippen LogP contribution < -0.4 is 0 Å². The van der Waals surface area contributed by atoms with Crippen LogP contribution in [-0.4, -0.2) is 54.3 Å². The predicted octanol–water partition coefficient (Wildman–Crippen LogP) is 0.926. The van der Waals surface area contributed by atoms with Gasteiger partial charge in [-0.1, -0.05) is 0 Å². The Bertz CT molecular complexity index is 707. The lowest BCUT2D eigenvalue weighted by Gasteiger charge is -2.31. The van der Waals surface area contributed by atoms with Crippen molar-refractivity contribution in [3.8, 4) is 0 Å². The Hall–Kier alpha value is -1.58. The van der Waals surface area contributed by atoms with Crippen molar-refractivity contribution >= 4 is 16.0 Å². The summed E-state index contributed by atoms with van der Waals surface area (Å²) in [5.74, 6) is -2.41. The van der Waals surface area contributed by atoms with Crippen LogP contribution in [0.15, 0.2) is 17.0 Å². The number of hydrogen-bond acceptors (Lipinski definition) is 4. The van der Waals surface area contributed by atoms with Crippen LogP contribution in [-0.2, 0) is 10.0 Å². The zero-order valence-electron chi connectivity index (χ0n) is 11.7. The molecule has 0 aliphatic carbocycles. The average molecular weight is 335 g/mol. The second-order valence-corrected chi connectivity index (χ2v) is 7.06. The molecule has 1 aliphatic rings. The standard InChI is InChI=1S/C13H15F2NO5S/c1-7-9(13(18)19)4-8(5-11(7)15)22(20,21)16-3-2-10(14)12(17)6-16/h4-5,10,12,17H,2-3,6H2,1H3,(H,18,19)/t10-,12-/m1/s1. The number of carbonyl (C=O) groups is 1. The number of alkyl halides is 1. The fourth-order valence-electron chi connectivity index (χ4n) is 2.27. The molecule has 22 heavy (non-hydrogen) atoms. The van der Waals surface area contributed by atoms with E-state index < -0.39 is 51.1 Å². The number of aromatic carboxylic acids is 1. The zero-order valence-corrected chi connectivity index (χ0v) is 12.5. The van der Waals surface area contributed by atoms with E-state index in [9.17, 15) is 27.1 Å². The molecule has 0 unspecified atom stereocenters. The largest absolute Gasteiger partial charge is 0.478 e. The monoisotopic (exact) mass is 335 g/mol. The first kappa shape index (κ1) is 16.8. The van der Waals surface area contributed by atoms with E-state index in [1.54, 1.807) is 0 Å². The van der Waals surface area contributed by atoms with E-state index in [2.05, 4.69) is 0 Å². The second kappa shape index (κ2) is 5.90. The topological polar surface area (TPSA) is 94.9 Å². The normalized spacial score (nSPS) is 23.5. The van der Waals surface area contributed by atoms with E-state index in [-0.39, 0.29) is 18.5 Å². The number of β-amino-alcohol motifs (C(OH)–C–C–N with tert-alkyl or cyclic N) is 1. The molecule has 1 aliphatic heterocycles. The van der Waals surface area contributed by atoms with Crippen LogP contribution in [0.1, 0.15) is 22.3 Å². The summed E-state index contributed by atoms with van der Waals surface area (Å²) in [6, 6.07) is 1.59. The van der Waals surface area contributed by atoms with Crippen LogP contribution in [0.2, 0.25) is 0 Å². The van der Waals surface area contributed by atoms with Crippen LogP contribution in [0, 0.1) is 12.7 Å². The van der Waals surface area contributed by atoms with Gasteiger partial charge in [0.15, 0.2) is 0 Å². The van der Waals surface area contributed by atoms with Gasteiger partial charge in [0.25, 0.3) is 0 Å². The first-order valence-corrected chi connectivity index (χ1v) is 7.94. The highest BCUT2D eigenvalue weighted by Gasteiger charge is 2.35. The molecule has 1 heterocycles. The van der Waals surface area contributed by atoms with Gasteiger partial charge in [-0.2, -0.15) is 4.31 Å².